The molecule has 3 nitrogen and oxygen atoms in total. The minimum atomic E-state index is -4.48. The average molecular weight is 309 g/mol. The van der Waals surface area contributed by atoms with E-state index >= 15 is 0 Å². The van der Waals surface area contributed by atoms with Gasteiger partial charge in [0.2, 0.25) is 0 Å². The fraction of sp³-hybridized carbons (Fsp3) is 0.250. The molecular weight excluding hydrogens is 295 g/mol. The number of benzene rings is 1. The number of rotatable bonds is 4. The van der Waals surface area contributed by atoms with E-state index in [0.717, 1.165) is 12.3 Å². The topological polar surface area (TPSA) is 39.2 Å². The van der Waals surface area contributed by atoms with E-state index in [1.54, 1.807) is 18.2 Å². The molecule has 2 aromatic rings. The second kappa shape index (κ2) is 6.17. The van der Waals surface area contributed by atoms with Gasteiger partial charge in [0.05, 0.1) is 6.10 Å². The van der Waals surface area contributed by atoms with Gasteiger partial charge < -0.3 is 4.74 Å². The van der Waals surface area contributed by atoms with E-state index in [1.165, 1.54) is 6.07 Å². The standard InChI is InChI=1S/C16H14F3NO2/c1-10(2)22-14-7-11(9-21)3-5-13(14)12-4-6-15(20-8-12)16(17,18)19/h3-10H,1-2H3. The summed E-state index contributed by atoms with van der Waals surface area (Å²) in [6.07, 6.45) is -2.78. The lowest BCUT2D eigenvalue weighted by Crippen LogP contribution is -2.08. The molecular formula is C16H14F3NO2. The highest BCUT2D eigenvalue weighted by Crippen LogP contribution is 2.33. The Morgan fingerprint density at radius 3 is 2.41 bits per heavy atom. The summed E-state index contributed by atoms with van der Waals surface area (Å²) in [4.78, 5) is 14.3. The molecule has 2 rings (SSSR count). The normalized spacial score (nSPS) is 11.5. The first kappa shape index (κ1) is 16.0. The number of alkyl halides is 3. The monoisotopic (exact) mass is 309 g/mol. The Morgan fingerprint density at radius 1 is 1.18 bits per heavy atom. The zero-order valence-electron chi connectivity index (χ0n) is 12.0. The van der Waals surface area contributed by atoms with E-state index in [1.807, 2.05) is 13.8 Å². The third-order valence-electron chi connectivity index (χ3n) is 2.87. The number of carbonyl (C=O) groups excluding carboxylic acids is 1. The van der Waals surface area contributed by atoms with Crippen molar-refractivity contribution in [3.8, 4) is 16.9 Å². The maximum Gasteiger partial charge on any atom is 0.433 e. The van der Waals surface area contributed by atoms with Gasteiger partial charge in [0.1, 0.15) is 17.7 Å². The molecule has 0 bridgehead atoms. The molecule has 0 amide bonds. The molecule has 0 radical (unpaired) electrons. The highest BCUT2D eigenvalue weighted by atomic mass is 19.4. The van der Waals surface area contributed by atoms with Gasteiger partial charge in [0.25, 0.3) is 0 Å². The van der Waals surface area contributed by atoms with Crippen LogP contribution in [0.1, 0.15) is 29.9 Å². The van der Waals surface area contributed by atoms with Crippen LogP contribution in [0.15, 0.2) is 36.5 Å². The van der Waals surface area contributed by atoms with Gasteiger partial charge >= 0.3 is 6.18 Å². The summed E-state index contributed by atoms with van der Waals surface area (Å²) in [6.45, 7) is 3.64. The number of aromatic nitrogens is 1. The van der Waals surface area contributed by atoms with Crippen molar-refractivity contribution in [1.82, 2.24) is 4.98 Å². The van der Waals surface area contributed by atoms with Crippen LogP contribution in [0, 0.1) is 0 Å². The van der Waals surface area contributed by atoms with Crippen molar-refractivity contribution < 1.29 is 22.7 Å². The first-order chi connectivity index (χ1) is 10.3. The minimum absolute atomic E-state index is 0.136. The fourth-order valence-electron chi connectivity index (χ4n) is 1.92. The Hall–Kier alpha value is -2.37. The summed E-state index contributed by atoms with van der Waals surface area (Å²) in [5, 5.41) is 0. The number of hydrogen-bond acceptors (Lipinski definition) is 3. The van der Waals surface area contributed by atoms with Crippen molar-refractivity contribution in [1.29, 1.82) is 0 Å². The maximum atomic E-state index is 12.5. The number of ether oxygens (including phenoxy) is 1. The largest absolute Gasteiger partial charge is 0.490 e. The number of aldehydes is 1. The molecule has 0 saturated heterocycles. The van der Waals surface area contributed by atoms with Crippen molar-refractivity contribution in [2.45, 2.75) is 26.1 Å². The van der Waals surface area contributed by atoms with Crippen molar-refractivity contribution in [3.05, 3.63) is 47.8 Å². The summed E-state index contributed by atoms with van der Waals surface area (Å²) >= 11 is 0. The van der Waals surface area contributed by atoms with Crippen LogP contribution in [0.2, 0.25) is 0 Å². The Bertz CT molecular complexity index is 664. The van der Waals surface area contributed by atoms with E-state index in [-0.39, 0.29) is 6.10 Å². The van der Waals surface area contributed by atoms with E-state index < -0.39 is 11.9 Å². The van der Waals surface area contributed by atoms with Crippen LogP contribution in [0.25, 0.3) is 11.1 Å². The van der Waals surface area contributed by atoms with Crippen molar-refractivity contribution in [2.24, 2.45) is 0 Å². The third-order valence-corrected chi connectivity index (χ3v) is 2.87. The second-order valence-corrected chi connectivity index (χ2v) is 4.97. The molecule has 0 aliphatic carbocycles. The first-order valence-corrected chi connectivity index (χ1v) is 6.61. The van der Waals surface area contributed by atoms with E-state index in [2.05, 4.69) is 4.98 Å². The van der Waals surface area contributed by atoms with Crippen molar-refractivity contribution >= 4 is 6.29 Å². The number of nitrogens with zero attached hydrogens (tertiary/aromatic N) is 1. The molecule has 0 spiro atoms. The Labute approximate surface area is 125 Å². The van der Waals surface area contributed by atoms with Crippen LogP contribution >= 0.6 is 0 Å². The van der Waals surface area contributed by atoms with Crippen LogP contribution < -0.4 is 4.74 Å². The summed E-state index contributed by atoms with van der Waals surface area (Å²) in [7, 11) is 0. The van der Waals surface area contributed by atoms with Gasteiger partial charge in [-0.25, -0.2) is 0 Å². The molecule has 0 aliphatic rings. The molecule has 1 aromatic heterocycles. The summed E-state index contributed by atoms with van der Waals surface area (Å²) < 4.78 is 43.3. The first-order valence-electron chi connectivity index (χ1n) is 6.61. The highest BCUT2D eigenvalue weighted by molar-refractivity contribution is 5.80. The van der Waals surface area contributed by atoms with Gasteiger partial charge in [-0.1, -0.05) is 12.1 Å². The van der Waals surface area contributed by atoms with E-state index in [4.69, 9.17) is 4.74 Å². The molecule has 0 fully saturated rings. The molecule has 0 saturated carbocycles. The van der Waals surface area contributed by atoms with Crippen molar-refractivity contribution in [2.75, 3.05) is 0 Å². The van der Waals surface area contributed by atoms with Gasteiger partial charge in [-0.3, -0.25) is 9.78 Å². The lowest BCUT2D eigenvalue weighted by molar-refractivity contribution is -0.141. The van der Waals surface area contributed by atoms with Gasteiger partial charge in [-0.05, 0) is 32.0 Å². The lowest BCUT2D eigenvalue weighted by atomic mass is 10.0. The third kappa shape index (κ3) is 3.63. The van der Waals surface area contributed by atoms with Crippen LogP contribution in [0.5, 0.6) is 5.75 Å². The second-order valence-electron chi connectivity index (χ2n) is 4.97. The molecule has 0 unspecified atom stereocenters. The zero-order chi connectivity index (χ0) is 16.3. The predicted molar refractivity (Wildman–Crippen MR) is 75.8 cm³/mol. The Kier molecular flexibility index (Phi) is 4.49. The van der Waals surface area contributed by atoms with Gasteiger partial charge in [0, 0.05) is 22.9 Å². The Morgan fingerprint density at radius 2 is 1.91 bits per heavy atom. The molecule has 116 valence electrons. The Balaban J connectivity index is 2.45. The molecule has 0 aliphatic heterocycles. The SMILES string of the molecule is CC(C)Oc1cc(C=O)ccc1-c1ccc(C(F)(F)F)nc1. The molecule has 22 heavy (non-hydrogen) atoms. The number of carbonyl (C=O) groups is 1. The number of hydrogen-bond donors (Lipinski definition) is 0. The smallest absolute Gasteiger partial charge is 0.433 e. The van der Waals surface area contributed by atoms with E-state index in [0.29, 0.717) is 28.7 Å². The maximum absolute atomic E-state index is 12.5. The quantitative estimate of drug-likeness (QED) is 0.787. The van der Waals surface area contributed by atoms with Gasteiger partial charge in [-0.2, -0.15) is 13.2 Å². The summed E-state index contributed by atoms with van der Waals surface area (Å²) in [5.41, 5.74) is 0.549. The average Bonchev–Trinajstić information content (AvgIpc) is 2.46. The van der Waals surface area contributed by atoms with Crippen LogP contribution in [0.4, 0.5) is 13.2 Å². The predicted octanol–water partition coefficient (Wildman–Crippen LogP) is 4.37. The minimum Gasteiger partial charge on any atom is -0.490 e. The molecule has 1 aromatic carbocycles. The van der Waals surface area contributed by atoms with Gasteiger partial charge in [-0.15, -0.1) is 0 Å². The molecule has 0 atom stereocenters. The highest BCUT2D eigenvalue weighted by Gasteiger charge is 2.32. The van der Waals surface area contributed by atoms with E-state index in [9.17, 15) is 18.0 Å². The van der Waals surface area contributed by atoms with Crippen LogP contribution in [0.3, 0.4) is 0 Å². The number of halogens is 3. The van der Waals surface area contributed by atoms with Crippen LogP contribution in [-0.2, 0) is 6.18 Å². The molecule has 1 heterocycles. The lowest BCUT2D eigenvalue weighted by Gasteiger charge is -2.15. The summed E-state index contributed by atoms with van der Waals surface area (Å²) in [6, 6.07) is 7.01. The summed E-state index contributed by atoms with van der Waals surface area (Å²) in [5.74, 6) is 0.432. The molecule has 0 N–H and O–H groups in total. The van der Waals surface area contributed by atoms with Gasteiger partial charge in [0.15, 0.2) is 0 Å². The number of pyridine rings is 1. The molecule has 6 heteroatoms. The fourth-order valence-corrected chi connectivity index (χ4v) is 1.92. The zero-order valence-corrected chi connectivity index (χ0v) is 12.0. The van der Waals surface area contributed by atoms with Crippen molar-refractivity contribution in [3.63, 3.8) is 0 Å². The van der Waals surface area contributed by atoms with Crippen LogP contribution in [-0.4, -0.2) is 17.4 Å².